The SMILES string of the molecule is CNc1nc(Cc2cccc(Br)c2)nc(C(C)C)c1I. The first-order valence-corrected chi connectivity index (χ1v) is 8.37. The molecule has 0 aliphatic heterocycles. The summed E-state index contributed by atoms with van der Waals surface area (Å²) in [5.74, 6) is 2.16. The topological polar surface area (TPSA) is 37.8 Å². The Kier molecular flexibility index (Phi) is 5.37. The summed E-state index contributed by atoms with van der Waals surface area (Å²) in [5.41, 5.74) is 2.31. The molecular formula is C15H17BrIN3. The van der Waals surface area contributed by atoms with Crippen molar-refractivity contribution in [1.29, 1.82) is 0 Å². The zero-order valence-corrected chi connectivity index (χ0v) is 15.5. The molecule has 2 aromatic rings. The largest absolute Gasteiger partial charge is 0.372 e. The minimum atomic E-state index is 0.387. The minimum Gasteiger partial charge on any atom is -0.372 e. The molecule has 106 valence electrons. The van der Waals surface area contributed by atoms with Gasteiger partial charge in [0.15, 0.2) is 0 Å². The van der Waals surface area contributed by atoms with Gasteiger partial charge in [-0.3, -0.25) is 0 Å². The monoisotopic (exact) mass is 445 g/mol. The summed E-state index contributed by atoms with van der Waals surface area (Å²) in [6.45, 7) is 4.32. The average molecular weight is 446 g/mol. The molecule has 0 spiro atoms. The van der Waals surface area contributed by atoms with Gasteiger partial charge in [0.25, 0.3) is 0 Å². The van der Waals surface area contributed by atoms with Crippen LogP contribution in [0.3, 0.4) is 0 Å². The van der Waals surface area contributed by atoms with E-state index >= 15 is 0 Å². The van der Waals surface area contributed by atoms with Gasteiger partial charge in [0.2, 0.25) is 0 Å². The van der Waals surface area contributed by atoms with Crippen LogP contribution in [0, 0.1) is 3.57 Å². The first-order valence-electron chi connectivity index (χ1n) is 6.49. The van der Waals surface area contributed by atoms with E-state index in [0.29, 0.717) is 5.92 Å². The Balaban J connectivity index is 2.39. The lowest BCUT2D eigenvalue weighted by atomic mass is 10.1. The molecule has 1 aromatic heterocycles. The highest BCUT2D eigenvalue weighted by atomic mass is 127. The molecule has 0 atom stereocenters. The van der Waals surface area contributed by atoms with Crippen LogP contribution in [0.1, 0.15) is 36.8 Å². The van der Waals surface area contributed by atoms with Crippen LogP contribution < -0.4 is 5.32 Å². The molecule has 3 nitrogen and oxygen atoms in total. The highest BCUT2D eigenvalue weighted by molar-refractivity contribution is 14.1. The van der Waals surface area contributed by atoms with E-state index < -0.39 is 0 Å². The Morgan fingerprint density at radius 2 is 2.05 bits per heavy atom. The Morgan fingerprint density at radius 1 is 1.30 bits per heavy atom. The van der Waals surface area contributed by atoms with Crippen LogP contribution in [0.15, 0.2) is 28.7 Å². The number of aromatic nitrogens is 2. The van der Waals surface area contributed by atoms with Gasteiger partial charge >= 0.3 is 0 Å². The lowest BCUT2D eigenvalue weighted by molar-refractivity contribution is 0.784. The lowest BCUT2D eigenvalue weighted by Gasteiger charge is -2.13. The molecule has 20 heavy (non-hydrogen) atoms. The molecule has 0 saturated carbocycles. The van der Waals surface area contributed by atoms with Crippen LogP contribution in [0.2, 0.25) is 0 Å². The summed E-state index contributed by atoms with van der Waals surface area (Å²) < 4.78 is 2.19. The molecule has 0 fully saturated rings. The van der Waals surface area contributed by atoms with Crippen molar-refractivity contribution in [3.63, 3.8) is 0 Å². The van der Waals surface area contributed by atoms with Crippen molar-refractivity contribution in [3.05, 3.63) is 49.4 Å². The van der Waals surface area contributed by atoms with Gasteiger partial charge in [-0.15, -0.1) is 0 Å². The Labute approximate surface area is 141 Å². The predicted octanol–water partition coefficient (Wildman–Crippen LogP) is 4.60. The third kappa shape index (κ3) is 3.69. The number of nitrogens with one attached hydrogen (secondary N) is 1. The third-order valence-electron chi connectivity index (χ3n) is 2.96. The van der Waals surface area contributed by atoms with Gasteiger partial charge in [0.05, 0.1) is 9.26 Å². The highest BCUT2D eigenvalue weighted by Crippen LogP contribution is 2.25. The van der Waals surface area contributed by atoms with E-state index in [2.05, 4.69) is 74.8 Å². The highest BCUT2D eigenvalue weighted by Gasteiger charge is 2.14. The number of anilines is 1. The Hall–Kier alpha value is -0.690. The van der Waals surface area contributed by atoms with Crippen LogP contribution in [-0.2, 0) is 6.42 Å². The fourth-order valence-electron chi connectivity index (χ4n) is 1.97. The number of benzene rings is 1. The molecule has 0 amide bonds. The molecule has 1 N–H and O–H groups in total. The van der Waals surface area contributed by atoms with Gasteiger partial charge in [-0.25, -0.2) is 9.97 Å². The van der Waals surface area contributed by atoms with Crippen LogP contribution >= 0.6 is 38.5 Å². The summed E-state index contributed by atoms with van der Waals surface area (Å²) in [6, 6.07) is 8.26. The Bertz CT molecular complexity index is 614. The number of rotatable bonds is 4. The smallest absolute Gasteiger partial charge is 0.143 e. The molecule has 5 heteroatoms. The Morgan fingerprint density at radius 3 is 2.65 bits per heavy atom. The van der Waals surface area contributed by atoms with Crippen molar-refractivity contribution in [1.82, 2.24) is 9.97 Å². The third-order valence-corrected chi connectivity index (χ3v) is 4.51. The van der Waals surface area contributed by atoms with Gasteiger partial charge in [-0.05, 0) is 46.2 Å². The lowest BCUT2D eigenvalue weighted by Crippen LogP contribution is -2.09. The van der Waals surface area contributed by atoms with E-state index in [0.717, 1.165) is 31.8 Å². The fraction of sp³-hybridized carbons (Fsp3) is 0.333. The van der Waals surface area contributed by atoms with Crippen molar-refractivity contribution < 1.29 is 0 Å². The maximum Gasteiger partial charge on any atom is 0.143 e. The zero-order chi connectivity index (χ0) is 14.7. The van der Waals surface area contributed by atoms with E-state index in [1.807, 2.05) is 19.2 Å². The summed E-state index contributed by atoms with van der Waals surface area (Å²) in [5, 5.41) is 3.16. The van der Waals surface area contributed by atoms with Gasteiger partial charge < -0.3 is 5.32 Å². The van der Waals surface area contributed by atoms with Crippen LogP contribution in [0.25, 0.3) is 0 Å². The van der Waals surface area contributed by atoms with E-state index in [1.165, 1.54) is 5.56 Å². The molecule has 0 saturated heterocycles. The number of nitrogens with zero attached hydrogens (tertiary/aromatic N) is 2. The molecule has 0 radical (unpaired) electrons. The van der Waals surface area contributed by atoms with Crippen LogP contribution in [0.5, 0.6) is 0 Å². The van der Waals surface area contributed by atoms with Gasteiger partial charge in [-0.2, -0.15) is 0 Å². The van der Waals surface area contributed by atoms with Gasteiger partial charge in [-0.1, -0.05) is 41.9 Å². The quantitative estimate of drug-likeness (QED) is 0.699. The predicted molar refractivity (Wildman–Crippen MR) is 95.3 cm³/mol. The number of hydrogen-bond donors (Lipinski definition) is 1. The van der Waals surface area contributed by atoms with Crippen molar-refractivity contribution in [3.8, 4) is 0 Å². The maximum atomic E-state index is 4.73. The van der Waals surface area contributed by atoms with Gasteiger partial charge in [0.1, 0.15) is 11.6 Å². The second kappa shape index (κ2) is 6.85. The summed E-state index contributed by atoms with van der Waals surface area (Å²) in [4.78, 5) is 9.35. The molecular weight excluding hydrogens is 429 g/mol. The second-order valence-corrected chi connectivity index (χ2v) is 6.89. The van der Waals surface area contributed by atoms with E-state index in [-0.39, 0.29) is 0 Å². The molecule has 0 bridgehead atoms. The van der Waals surface area contributed by atoms with E-state index in [1.54, 1.807) is 0 Å². The minimum absolute atomic E-state index is 0.387. The average Bonchev–Trinajstić information content (AvgIpc) is 2.40. The number of halogens is 2. The molecule has 0 aliphatic carbocycles. The van der Waals surface area contributed by atoms with E-state index in [4.69, 9.17) is 4.98 Å². The first-order chi connectivity index (χ1) is 9.51. The first kappa shape index (κ1) is 15.7. The summed E-state index contributed by atoms with van der Waals surface area (Å²) >= 11 is 5.81. The summed E-state index contributed by atoms with van der Waals surface area (Å²) in [7, 11) is 1.90. The van der Waals surface area contributed by atoms with Crippen LogP contribution in [0.4, 0.5) is 5.82 Å². The zero-order valence-electron chi connectivity index (χ0n) is 11.7. The summed E-state index contributed by atoms with van der Waals surface area (Å²) in [6.07, 6.45) is 0.741. The molecule has 0 aliphatic rings. The van der Waals surface area contributed by atoms with E-state index in [9.17, 15) is 0 Å². The van der Waals surface area contributed by atoms with Gasteiger partial charge in [0, 0.05) is 17.9 Å². The molecule has 2 rings (SSSR count). The standard InChI is InChI=1S/C15H17BrIN3/c1-9(2)14-13(17)15(18-3)20-12(19-14)8-10-5-4-6-11(16)7-10/h4-7,9H,8H2,1-3H3,(H,18,19,20). The maximum absolute atomic E-state index is 4.73. The number of hydrogen-bond acceptors (Lipinski definition) is 3. The molecule has 1 heterocycles. The molecule has 0 unspecified atom stereocenters. The van der Waals surface area contributed by atoms with Crippen LogP contribution in [-0.4, -0.2) is 17.0 Å². The second-order valence-electron chi connectivity index (χ2n) is 4.90. The fourth-order valence-corrected chi connectivity index (χ4v) is 3.55. The van der Waals surface area contributed by atoms with Crippen molar-refractivity contribution >= 4 is 44.3 Å². The molecule has 1 aromatic carbocycles. The normalized spacial score (nSPS) is 10.9. The van der Waals surface area contributed by atoms with Crippen molar-refractivity contribution in [2.24, 2.45) is 0 Å². The van der Waals surface area contributed by atoms with Crippen molar-refractivity contribution in [2.45, 2.75) is 26.2 Å². The van der Waals surface area contributed by atoms with Crippen molar-refractivity contribution in [2.75, 3.05) is 12.4 Å².